The summed E-state index contributed by atoms with van der Waals surface area (Å²) in [7, 11) is 0. The Labute approximate surface area is 249 Å². The molecule has 41 heavy (non-hydrogen) atoms. The summed E-state index contributed by atoms with van der Waals surface area (Å²) < 4.78 is 5.49. The van der Waals surface area contributed by atoms with Crippen LogP contribution in [0, 0.1) is 35.5 Å². The third-order valence-corrected chi connectivity index (χ3v) is 8.88. The van der Waals surface area contributed by atoms with E-state index in [0.29, 0.717) is 24.7 Å². The Hall–Kier alpha value is -2.05. The number of ether oxygens (including phenoxy) is 1. The van der Waals surface area contributed by atoms with Crippen molar-refractivity contribution in [3.8, 4) is 0 Å². The minimum absolute atomic E-state index is 0.0121. The molecular weight excluding hydrogens is 516 g/mol. The largest absolute Gasteiger partial charge is 0.461 e. The fourth-order valence-corrected chi connectivity index (χ4v) is 5.58. The van der Waals surface area contributed by atoms with Crippen LogP contribution in [0.5, 0.6) is 0 Å². The quantitative estimate of drug-likeness (QED) is 0.133. The molecule has 1 rings (SSSR count). The van der Waals surface area contributed by atoms with Crippen LogP contribution in [0.3, 0.4) is 0 Å². The smallest absolute Gasteiger partial charge is 0.311 e. The Balaban J connectivity index is 2.46. The van der Waals surface area contributed by atoms with E-state index in [2.05, 4.69) is 52.0 Å². The van der Waals surface area contributed by atoms with Crippen molar-refractivity contribution >= 4 is 17.5 Å². The van der Waals surface area contributed by atoms with Crippen LogP contribution >= 0.6 is 0 Å². The minimum Gasteiger partial charge on any atom is -0.461 e. The zero-order valence-corrected chi connectivity index (χ0v) is 27.2. The average molecular weight is 575 g/mol. The summed E-state index contributed by atoms with van der Waals surface area (Å²) in [6.45, 7) is 17.5. The van der Waals surface area contributed by atoms with Crippen molar-refractivity contribution in [2.24, 2.45) is 35.5 Å². The maximum absolute atomic E-state index is 12.6. The van der Waals surface area contributed by atoms with Gasteiger partial charge >= 0.3 is 5.97 Å². The second-order valence-electron chi connectivity index (χ2n) is 12.8. The number of ketones is 2. The normalized spacial score (nSPS) is 25.9. The highest BCUT2D eigenvalue weighted by Gasteiger charge is 2.44. The fraction of sp³-hybridized carbons (Fsp3) is 0.743. The molecule has 0 aromatic carbocycles. The van der Waals surface area contributed by atoms with Gasteiger partial charge in [-0.05, 0) is 71.1 Å². The number of aliphatic hydroxyl groups excluding tert-OH is 2. The number of esters is 1. The highest BCUT2D eigenvalue weighted by molar-refractivity contribution is 5.79. The Morgan fingerprint density at radius 1 is 1.02 bits per heavy atom. The van der Waals surface area contributed by atoms with Crippen LogP contribution in [-0.2, 0) is 19.1 Å². The molecule has 0 spiro atoms. The number of aliphatic hydroxyl groups is 2. The van der Waals surface area contributed by atoms with E-state index in [0.717, 1.165) is 32.1 Å². The maximum Gasteiger partial charge on any atom is 0.311 e. The minimum atomic E-state index is -0.922. The van der Waals surface area contributed by atoms with Gasteiger partial charge in [0.1, 0.15) is 17.7 Å². The zero-order valence-electron chi connectivity index (χ0n) is 27.2. The lowest BCUT2D eigenvalue weighted by molar-refractivity contribution is -0.186. The van der Waals surface area contributed by atoms with Gasteiger partial charge in [0.05, 0.1) is 18.1 Å². The number of carbonyl (C=O) groups excluding carboxylic acids is 3. The summed E-state index contributed by atoms with van der Waals surface area (Å²) >= 11 is 0. The third kappa shape index (κ3) is 13.2. The van der Waals surface area contributed by atoms with Crippen LogP contribution < -0.4 is 0 Å². The molecular formula is C35H58O6. The van der Waals surface area contributed by atoms with Crippen LogP contribution in [-0.4, -0.2) is 46.1 Å². The monoisotopic (exact) mass is 574 g/mol. The first-order chi connectivity index (χ1) is 19.2. The number of cyclic esters (lactones) is 1. The van der Waals surface area contributed by atoms with Gasteiger partial charge in [0, 0.05) is 30.6 Å². The van der Waals surface area contributed by atoms with E-state index in [1.807, 2.05) is 13.8 Å². The van der Waals surface area contributed by atoms with E-state index >= 15 is 0 Å². The lowest BCUT2D eigenvalue weighted by atomic mass is 9.79. The molecule has 6 heteroatoms. The summed E-state index contributed by atoms with van der Waals surface area (Å²) in [5, 5.41) is 21.0. The molecule has 1 heterocycles. The van der Waals surface area contributed by atoms with Crippen LogP contribution in [0.25, 0.3) is 0 Å². The first kappa shape index (κ1) is 37.0. The summed E-state index contributed by atoms with van der Waals surface area (Å²) in [5.74, 6) is -0.560. The van der Waals surface area contributed by atoms with Crippen LogP contribution in [0.1, 0.15) is 114 Å². The Morgan fingerprint density at radius 3 is 2.29 bits per heavy atom. The van der Waals surface area contributed by atoms with Crippen LogP contribution in [0.15, 0.2) is 35.5 Å². The van der Waals surface area contributed by atoms with Crippen LogP contribution in [0.2, 0.25) is 0 Å². The van der Waals surface area contributed by atoms with E-state index in [-0.39, 0.29) is 29.8 Å². The van der Waals surface area contributed by atoms with Gasteiger partial charge in [-0.15, -0.1) is 0 Å². The molecule has 234 valence electrons. The number of rotatable bonds is 18. The summed E-state index contributed by atoms with van der Waals surface area (Å²) in [6, 6.07) is 0. The predicted octanol–water partition coefficient (Wildman–Crippen LogP) is 7.18. The molecule has 1 aliphatic rings. The molecule has 0 amide bonds. The molecule has 0 aromatic rings. The van der Waals surface area contributed by atoms with Crippen molar-refractivity contribution in [1.29, 1.82) is 0 Å². The Morgan fingerprint density at radius 2 is 1.68 bits per heavy atom. The zero-order chi connectivity index (χ0) is 31.3. The number of Topliss-reactive ketones (excluding diaryl/α,β-unsaturated/α-hetero) is 2. The summed E-state index contributed by atoms with van der Waals surface area (Å²) in [4.78, 5) is 36.1. The lowest BCUT2D eigenvalue weighted by Gasteiger charge is -2.40. The Kier molecular flexibility index (Phi) is 16.7. The fourth-order valence-electron chi connectivity index (χ4n) is 5.58. The second-order valence-corrected chi connectivity index (χ2v) is 12.8. The molecule has 9 atom stereocenters. The molecule has 0 aliphatic carbocycles. The van der Waals surface area contributed by atoms with Crippen molar-refractivity contribution in [3.05, 3.63) is 35.5 Å². The maximum atomic E-state index is 12.6. The van der Waals surface area contributed by atoms with Crippen molar-refractivity contribution in [2.75, 3.05) is 0 Å². The molecule has 0 bridgehead atoms. The van der Waals surface area contributed by atoms with E-state index in [4.69, 9.17) is 4.74 Å². The van der Waals surface area contributed by atoms with E-state index < -0.39 is 36.1 Å². The topological polar surface area (TPSA) is 101 Å². The number of carbonyl (C=O) groups is 3. The predicted molar refractivity (Wildman–Crippen MR) is 166 cm³/mol. The standard InChI is InChI=1S/C35H58O6/c1-10-30(20-24(4)15-11-14-23(3)19-25(5)29(9)36)16-12-13-22(2)17-18-31(37)21-32(38)26(6)34-27(7)33(39)28(8)35(40)41-34/h11,13-14,20,23-28,32-34,38-39H,10,12,15-19,21H2,1-9H3/b14-11+,22-13+,30-20+/t23-,24+,25-,26-,27+,28+,32+,33-,34+/m1/s1. The van der Waals surface area contributed by atoms with E-state index in [1.165, 1.54) is 11.1 Å². The van der Waals surface area contributed by atoms with Crippen molar-refractivity contribution < 1.29 is 29.3 Å². The summed E-state index contributed by atoms with van der Waals surface area (Å²) in [5.41, 5.74) is 2.62. The number of allylic oxidation sites excluding steroid dienone is 6. The van der Waals surface area contributed by atoms with Gasteiger partial charge in [0.25, 0.3) is 0 Å². The molecule has 0 saturated carbocycles. The molecule has 1 fully saturated rings. The first-order valence-electron chi connectivity index (χ1n) is 15.8. The molecule has 1 saturated heterocycles. The summed E-state index contributed by atoms with van der Waals surface area (Å²) in [6.07, 6.45) is 12.6. The van der Waals surface area contributed by atoms with E-state index in [1.54, 1.807) is 20.8 Å². The number of hydrogen-bond acceptors (Lipinski definition) is 6. The van der Waals surface area contributed by atoms with Gasteiger partial charge in [-0.1, -0.05) is 77.0 Å². The molecule has 6 nitrogen and oxygen atoms in total. The first-order valence-corrected chi connectivity index (χ1v) is 15.8. The second kappa shape index (κ2) is 18.5. The van der Waals surface area contributed by atoms with Crippen LogP contribution in [0.4, 0.5) is 0 Å². The molecule has 2 N–H and O–H groups in total. The average Bonchev–Trinajstić information content (AvgIpc) is 2.91. The van der Waals surface area contributed by atoms with Gasteiger partial charge in [0.2, 0.25) is 0 Å². The third-order valence-electron chi connectivity index (χ3n) is 8.88. The number of hydrogen-bond donors (Lipinski definition) is 2. The van der Waals surface area contributed by atoms with Crippen molar-refractivity contribution in [1.82, 2.24) is 0 Å². The molecule has 0 aromatic heterocycles. The molecule has 0 unspecified atom stereocenters. The van der Waals surface area contributed by atoms with Gasteiger partial charge in [-0.3, -0.25) is 14.4 Å². The van der Waals surface area contributed by atoms with Gasteiger partial charge in [-0.2, -0.15) is 0 Å². The highest BCUT2D eigenvalue weighted by atomic mass is 16.6. The van der Waals surface area contributed by atoms with Gasteiger partial charge in [0.15, 0.2) is 0 Å². The molecule has 0 radical (unpaired) electrons. The SMILES string of the molecule is CC/C(=C\[C@@H](C)C/C=C/[C@@H](C)C[C@@H](C)C(C)=O)CC/C=C(\C)CCC(=O)C[C@H](O)[C@@H](C)[C@@H]1OC(=O)[C@@H](C)[C@H](O)[C@@H]1C. The molecule has 1 aliphatic heterocycles. The highest BCUT2D eigenvalue weighted by Crippen LogP contribution is 2.32. The van der Waals surface area contributed by atoms with Crippen molar-refractivity contribution in [2.45, 2.75) is 132 Å². The van der Waals surface area contributed by atoms with E-state index in [9.17, 15) is 24.6 Å². The van der Waals surface area contributed by atoms with Gasteiger partial charge < -0.3 is 14.9 Å². The van der Waals surface area contributed by atoms with Gasteiger partial charge in [-0.25, -0.2) is 0 Å². The Bertz CT molecular complexity index is 931. The van der Waals surface area contributed by atoms with Crippen molar-refractivity contribution in [3.63, 3.8) is 0 Å². The lowest BCUT2D eigenvalue weighted by Crippen LogP contribution is -2.51.